The summed E-state index contributed by atoms with van der Waals surface area (Å²) in [5, 5.41) is 12.4. The van der Waals surface area contributed by atoms with E-state index in [1.54, 1.807) is 10.4 Å². The standard InChI is InChI=1S/C27H29N3O4/c1-19-11-13-21(14-12-19)17-30-24-9-5-6-10-25(24)34-18-23(27(30)32)28-22(26(31)29-33)16-15-20-7-3-2-4-8-20/h2-14,22-23,28,33H,15-18H2,1H3,(H,29,31)/t22-,23-/m0/s1. The molecule has 176 valence electrons. The van der Waals surface area contributed by atoms with Crippen LogP contribution in [-0.4, -0.2) is 35.7 Å². The molecule has 0 unspecified atom stereocenters. The van der Waals surface area contributed by atoms with Crippen LogP contribution >= 0.6 is 0 Å². The number of amides is 2. The molecular weight excluding hydrogens is 430 g/mol. The first-order chi connectivity index (χ1) is 16.5. The number of nitrogens with one attached hydrogen (secondary N) is 2. The SMILES string of the molecule is Cc1ccc(CN2C(=O)[C@@H](N[C@@H](CCc3ccccc3)C(=O)NO)COc3ccccc32)cc1. The van der Waals surface area contributed by atoms with Gasteiger partial charge in [-0.1, -0.05) is 72.3 Å². The molecule has 0 aliphatic carbocycles. The minimum Gasteiger partial charge on any atom is -0.489 e. The lowest BCUT2D eigenvalue weighted by Crippen LogP contribution is -2.55. The maximum absolute atomic E-state index is 13.7. The number of para-hydroxylation sites is 2. The molecule has 1 aliphatic rings. The van der Waals surface area contributed by atoms with E-state index in [2.05, 4.69) is 5.32 Å². The van der Waals surface area contributed by atoms with E-state index in [0.717, 1.165) is 16.7 Å². The smallest absolute Gasteiger partial charge is 0.260 e. The van der Waals surface area contributed by atoms with Gasteiger partial charge in [0.05, 0.1) is 18.3 Å². The number of anilines is 1. The summed E-state index contributed by atoms with van der Waals surface area (Å²) in [7, 11) is 0. The number of rotatable bonds is 8. The molecule has 0 aromatic heterocycles. The van der Waals surface area contributed by atoms with Gasteiger partial charge in [0, 0.05) is 0 Å². The Morgan fingerprint density at radius 2 is 1.74 bits per heavy atom. The molecule has 7 nitrogen and oxygen atoms in total. The Hall–Kier alpha value is -3.68. The quantitative estimate of drug-likeness (QED) is 0.355. The average Bonchev–Trinajstić information content (AvgIpc) is 3.00. The van der Waals surface area contributed by atoms with Crippen molar-refractivity contribution in [3.8, 4) is 5.75 Å². The summed E-state index contributed by atoms with van der Waals surface area (Å²) < 4.78 is 5.98. The average molecular weight is 460 g/mol. The van der Waals surface area contributed by atoms with Crippen LogP contribution in [0.25, 0.3) is 0 Å². The zero-order chi connectivity index (χ0) is 23.9. The van der Waals surface area contributed by atoms with E-state index in [0.29, 0.717) is 30.8 Å². The van der Waals surface area contributed by atoms with Crippen LogP contribution in [0.4, 0.5) is 5.69 Å². The molecule has 3 N–H and O–H groups in total. The van der Waals surface area contributed by atoms with Crippen LogP contribution < -0.4 is 20.4 Å². The predicted octanol–water partition coefficient (Wildman–Crippen LogP) is 3.39. The third-order valence-electron chi connectivity index (χ3n) is 5.98. The Morgan fingerprint density at radius 3 is 2.47 bits per heavy atom. The Labute approximate surface area is 199 Å². The maximum atomic E-state index is 13.7. The van der Waals surface area contributed by atoms with Gasteiger partial charge in [-0.15, -0.1) is 0 Å². The first kappa shape index (κ1) is 23.5. The summed E-state index contributed by atoms with van der Waals surface area (Å²) in [6.07, 6.45) is 1.02. The first-order valence-corrected chi connectivity index (χ1v) is 11.4. The second-order valence-corrected chi connectivity index (χ2v) is 8.46. The highest BCUT2D eigenvalue weighted by atomic mass is 16.5. The molecule has 1 heterocycles. The minimum absolute atomic E-state index is 0.0702. The monoisotopic (exact) mass is 459 g/mol. The fraction of sp³-hybridized carbons (Fsp3) is 0.259. The van der Waals surface area contributed by atoms with Crippen LogP contribution in [0.5, 0.6) is 5.75 Å². The number of ether oxygens (including phenoxy) is 1. The number of hydrogen-bond donors (Lipinski definition) is 3. The fourth-order valence-corrected chi connectivity index (χ4v) is 4.08. The molecule has 7 heteroatoms. The third-order valence-corrected chi connectivity index (χ3v) is 5.98. The highest BCUT2D eigenvalue weighted by Gasteiger charge is 2.34. The van der Waals surface area contributed by atoms with Gasteiger partial charge in [-0.05, 0) is 43.0 Å². The molecule has 0 spiro atoms. The van der Waals surface area contributed by atoms with Crippen molar-refractivity contribution >= 4 is 17.5 Å². The highest BCUT2D eigenvalue weighted by molar-refractivity contribution is 5.99. The van der Waals surface area contributed by atoms with Gasteiger partial charge in [-0.2, -0.15) is 0 Å². The highest BCUT2D eigenvalue weighted by Crippen LogP contribution is 2.32. The van der Waals surface area contributed by atoms with E-state index in [1.165, 1.54) is 0 Å². The van der Waals surface area contributed by atoms with Crippen LogP contribution in [0, 0.1) is 6.92 Å². The minimum atomic E-state index is -0.773. The van der Waals surface area contributed by atoms with Crippen molar-refractivity contribution < 1.29 is 19.5 Å². The summed E-state index contributed by atoms with van der Waals surface area (Å²) in [6, 6.07) is 23.7. The molecule has 3 aromatic rings. The van der Waals surface area contributed by atoms with E-state index >= 15 is 0 Å². The van der Waals surface area contributed by atoms with Crippen LogP contribution in [0.1, 0.15) is 23.1 Å². The molecular formula is C27H29N3O4. The van der Waals surface area contributed by atoms with Gasteiger partial charge in [-0.3, -0.25) is 20.1 Å². The van der Waals surface area contributed by atoms with Crippen molar-refractivity contribution in [2.45, 2.75) is 38.4 Å². The zero-order valence-corrected chi connectivity index (χ0v) is 19.1. The molecule has 0 bridgehead atoms. The van der Waals surface area contributed by atoms with E-state index in [4.69, 9.17) is 4.74 Å². The number of carbonyl (C=O) groups excluding carboxylic acids is 2. The normalized spacial score (nSPS) is 16.2. The molecule has 0 saturated carbocycles. The number of benzene rings is 3. The third kappa shape index (κ3) is 5.62. The van der Waals surface area contributed by atoms with Gasteiger partial charge in [0.15, 0.2) is 0 Å². The zero-order valence-electron chi connectivity index (χ0n) is 19.1. The van der Waals surface area contributed by atoms with E-state index in [1.807, 2.05) is 85.8 Å². The summed E-state index contributed by atoms with van der Waals surface area (Å²) >= 11 is 0. The van der Waals surface area contributed by atoms with E-state index in [9.17, 15) is 14.8 Å². The number of carbonyl (C=O) groups is 2. The summed E-state index contributed by atoms with van der Waals surface area (Å²) in [5.41, 5.74) is 5.61. The summed E-state index contributed by atoms with van der Waals surface area (Å²) in [5.74, 6) is -0.170. The first-order valence-electron chi connectivity index (χ1n) is 11.4. The number of hydroxylamine groups is 1. The second-order valence-electron chi connectivity index (χ2n) is 8.46. The second kappa shape index (κ2) is 11.0. The fourth-order valence-electron chi connectivity index (χ4n) is 4.08. The molecule has 2 amide bonds. The Balaban J connectivity index is 1.56. The lowest BCUT2D eigenvalue weighted by Gasteiger charge is -2.27. The van der Waals surface area contributed by atoms with Crippen molar-refractivity contribution in [2.24, 2.45) is 0 Å². The van der Waals surface area contributed by atoms with Crippen LogP contribution in [0.2, 0.25) is 0 Å². The lowest BCUT2D eigenvalue weighted by molar-refractivity contribution is -0.132. The number of hydrogen-bond acceptors (Lipinski definition) is 5. The van der Waals surface area contributed by atoms with Crippen molar-refractivity contribution in [2.75, 3.05) is 11.5 Å². The largest absolute Gasteiger partial charge is 0.489 e. The molecule has 34 heavy (non-hydrogen) atoms. The maximum Gasteiger partial charge on any atom is 0.260 e. The van der Waals surface area contributed by atoms with Gasteiger partial charge < -0.3 is 9.64 Å². The number of nitrogens with zero attached hydrogens (tertiary/aromatic N) is 1. The summed E-state index contributed by atoms with van der Waals surface area (Å²) in [4.78, 5) is 27.8. The van der Waals surface area contributed by atoms with E-state index in [-0.39, 0.29) is 12.5 Å². The van der Waals surface area contributed by atoms with Crippen LogP contribution in [0.3, 0.4) is 0 Å². The number of fused-ring (bicyclic) bond motifs is 1. The van der Waals surface area contributed by atoms with Gasteiger partial charge in [0.25, 0.3) is 5.91 Å². The summed E-state index contributed by atoms with van der Waals surface area (Å²) in [6.45, 7) is 2.46. The van der Waals surface area contributed by atoms with Gasteiger partial charge in [0.1, 0.15) is 18.4 Å². The topological polar surface area (TPSA) is 90.9 Å². The lowest BCUT2D eigenvalue weighted by atomic mass is 10.0. The molecule has 2 atom stereocenters. The molecule has 0 fully saturated rings. The van der Waals surface area contributed by atoms with Crippen molar-refractivity contribution in [1.82, 2.24) is 10.8 Å². The molecule has 4 rings (SSSR count). The predicted molar refractivity (Wildman–Crippen MR) is 130 cm³/mol. The molecule has 3 aromatic carbocycles. The van der Waals surface area contributed by atoms with Gasteiger partial charge >= 0.3 is 0 Å². The van der Waals surface area contributed by atoms with Gasteiger partial charge in [-0.25, -0.2) is 5.48 Å². The van der Waals surface area contributed by atoms with Gasteiger partial charge in [0.2, 0.25) is 5.91 Å². The van der Waals surface area contributed by atoms with Crippen molar-refractivity contribution in [3.05, 3.63) is 95.6 Å². The van der Waals surface area contributed by atoms with E-state index < -0.39 is 18.0 Å². The van der Waals surface area contributed by atoms with Crippen molar-refractivity contribution in [1.29, 1.82) is 0 Å². The Kier molecular flexibility index (Phi) is 7.57. The Morgan fingerprint density at radius 1 is 1.03 bits per heavy atom. The molecule has 1 aliphatic heterocycles. The van der Waals surface area contributed by atoms with Crippen molar-refractivity contribution in [3.63, 3.8) is 0 Å². The van der Waals surface area contributed by atoms with Crippen LogP contribution in [0.15, 0.2) is 78.9 Å². The molecule has 0 saturated heterocycles. The molecule has 0 radical (unpaired) electrons. The Bertz CT molecular complexity index is 1120. The van der Waals surface area contributed by atoms with Crippen LogP contribution in [-0.2, 0) is 22.6 Å². The number of aryl methyl sites for hydroxylation is 2.